The Labute approximate surface area is 119 Å². The lowest BCUT2D eigenvalue weighted by atomic mass is 9.86. The molecule has 3 N–H and O–H groups in total. The number of hydrogen-bond donors (Lipinski definition) is 2. The molecule has 1 aliphatic rings. The Morgan fingerprint density at radius 3 is 2.95 bits per heavy atom. The molecular formula is C16H21N3O. The van der Waals surface area contributed by atoms with E-state index in [0.717, 1.165) is 35.7 Å². The van der Waals surface area contributed by atoms with E-state index in [1.807, 2.05) is 30.5 Å². The highest BCUT2D eigenvalue weighted by atomic mass is 16.5. The van der Waals surface area contributed by atoms with Crippen LogP contribution in [0.3, 0.4) is 0 Å². The lowest BCUT2D eigenvalue weighted by Gasteiger charge is -2.24. The fourth-order valence-corrected chi connectivity index (χ4v) is 3.02. The van der Waals surface area contributed by atoms with Crippen molar-refractivity contribution in [3.63, 3.8) is 0 Å². The first kappa shape index (κ1) is 13.2. The predicted molar refractivity (Wildman–Crippen MR) is 79.8 cm³/mol. The first-order valence-electron chi connectivity index (χ1n) is 7.22. The first-order valence-corrected chi connectivity index (χ1v) is 7.22. The van der Waals surface area contributed by atoms with Gasteiger partial charge in [-0.05, 0) is 31.4 Å². The van der Waals surface area contributed by atoms with Crippen LogP contribution in [0.25, 0.3) is 11.3 Å². The van der Waals surface area contributed by atoms with Gasteiger partial charge in [0.1, 0.15) is 11.6 Å². The summed E-state index contributed by atoms with van der Waals surface area (Å²) in [6.45, 7) is 0. The van der Waals surface area contributed by atoms with Gasteiger partial charge in [-0.25, -0.2) is 4.98 Å². The quantitative estimate of drug-likeness (QED) is 0.901. The number of rotatable bonds is 3. The summed E-state index contributed by atoms with van der Waals surface area (Å²) in [5.41, 5.74) is 8.12. The third-order valence-electron chi connectivity index (χ3n) is 4.09. The summed E-state index contributed by atoms with van der Waals surface area (Å²) in [7, 11) is 1.69. The zero-order chi connectivity index (χ0) is 13.9. The van der Waals surface area contributed by atoms with E-state index in [2.05, 4.69) is 9.97 Å². The second-order valence-electron chi connectivity index (χ2n) is 5.51. The van der Waals surface area contributed by atoms with Crippen LogP contribution in [0.5, 0.6) is 5.75 Å². The van der Waals surface area contributed by atoms with E-state index in [1.165, 1.54) is 12.8 Å². The van der Waals surface area contributed by atoms with Crippen LogP contribution in [-0.4, -0.2) is 23.1 Å². The maximum atomic E-state index is 6.06. The minimum absolute atomic E-state index is 0.313. The van der Waals surface area contributed by atoms with Gasteiger partial charge in [0.05, 0.1) is 19.0 Å². The monoisotopic (exact) mass is 271 g/mol. The number of imidazole rings is 1. The number of nitrogens with one attached hydrogen (secondary N) is 1. The van der Waals surface area contributed by atoms with Gasteiger partial charge in [-0.3, -0.25) is 0 Å². The Kier molecular flexibility index (Phi) is 3.74. The molecule has 1 aromatic heterocycles. The number of methoxy groups -OCH3 is 1. The van der Waals surface area contributed by atoms with Crippen molar-refractivity contribution in [3.8, 4) is 17.0 Å². The Bertz CT molecular complexity index is 579. The molecule has 4 nitrogen and oxygen atoms in total. The number of aromatic amines is 1. The SMILES string of the molecule is COc1ccccc1-c1cnc(C2CCCC(N)C2)[nH]1. The van der Waals surface area contributed by atoms with Gasteiger partial charge < -0.3 is 15.5 Å². The van der Waals surface area contributed by atoms with Gasteiger partial charge in [0.15, 0.2) is 0 Å². The molecule has 4 heteroatoms. The normalized spacial score (nSPS) is 22.7. The minimum Gasteiger partial charge on any atom is -0.496 e. The van der Waals surface area contributed by atoms with Gasteiger partial charge in [0.25, 0.3) is 0 Å². The molecule has 1 aromatic carbocycles. The van der Waals surface area contributed by atoms with Crippen molar-refractivity contribution in [2.75, 3.05) is 7.11 Å². The molecule has 2 unspecified atom stereocenters. The van der Waals surface area contributed by atoms with Crippen LogP contribution < -0.4 is 10.5 Å². The van der Waals surface area contributed by atoms with E-state index in [9.17, 15) is 0 Å². The summed E-state index contributed by atoms with van der Waals surface area (Å²) < 4.78 is 5.40. The molecule has 1 heterocycles. The average molecular weight is 271 g/mol. The fourth-order valence-electron chi connectivity index (χ4n) is 3.02. The van der Waals surface area contributed by atoms with Gasteiger partial charge in [0, 0.05) is 17.5 Å². The zero-order valence-corrected chi connectivity index (χ0v) is 11.8. The van der Waals surface area contributed by atoms with Crippen LogP contribution in [0.2, 0.25) is 0 Å². The number of para-hydroxylation sites is 1. The largest absolute Gasteiger partial charge is 0.496 e. The molecule has 1 aliphatic carbocycles. The van der Waals surface area contributed by atoms with E-state index in [0.29, 0.717) is 12.0 Å². The van der Waals surface area contributed by atoms with E-state index >= 15 is 0 Å². The maximum absolute atomic E-state index is 6.06. The Morgan fingerprint density at radius 1 is 1.30 bits per heavy atom. The van der Waals surface area contributed by atoms with E-state index in [1.54, 1.807) is 7.11 Å². The number of ether oxygens (including phenoxy) is 1. The zero-order valence-electron chi connectivity index (χ0n) is 11.8. The number of aromatic nitrogens is 2. The third kappa shape index (κ3) is 2.56. The lowest BCUT2D eigenvalue weighted by molar-refractivity contribution is 0.383. The molecule has 0 bridgehead atoms. The topological polar surface area (TPSA) is 63.9 Å². The molecule has 0 saturated heterocycles. The summed E-state index contributed by atoms with van der Waals surface area (Å²) >= 11 is 0. The molecule has 106 valence electrons. The molecule has 1 saturated carbocycles. The van der Waals surface area contributed by atoms with Crippen molar-refractivity contribution in [2.45, 2.75) is 37.6 Å². The summed E-state index contributed by atoms with van der Waals surface area (Å²) in [6.07, 6.45) is 6.42. The van der Waals surface area contributed by atoms with Crippen molar-refractivity contribution >= 4 is 0 Å². The number of benzene rings is 1. The summed E-state index contributed by atoms with van der Waals surface area (Å²) in [5, 5.41) is 0. The van der Waals surface area contributed by atoms with Crippen molar-refractivity contribution in [1.29, 1.82) is 0 Å². The highest BCUT2D eigenvalue weighted by Gasteiger charge is 2.23. The highest BCUT2D eigenvalue weighted by Crippen LogP contribution is 2.33. The van der Waals surface area contributed by atoms with Crippen molar-refractivity contribution in [2.24, 2.45) is 5.73 Å². The molecule has 3 rings (SSSR count). The molecule has 1 fully saturated rings. The standard InChI is InChI=1S/C16H21N3O/c1-20-15-8-3-2-7-13(15)14-10-18-16(19-14)11-5-4-6-12(17)9-11/h2-3,7-8,10-12H,4-6,9,17H2,1H3,(H,18,19). The summed E-state index contributed by atoms with van der Waals surface area (Å²) in [4.78, 5) is 8.01. The second kappa shape index (κ2) is 5.67. The van der Waals surface area contributed by atoms with Gasteiger partial charge >= 0.3 is 0 Å². The molecule has 2 atom stereocenters. The van der Waals surface area contributed by atoms with Crippen LogP contribution in [0.4, 0.5) is 0 Å². The third-order valence-corrected chi connectivity index (χ3v) is 4.09. The minimum atomic E-state index is 0.313. The molecule has 2 aromatic rings. The molecule has 0 amide bonds. The molecule has 0 aliphatic heterocycles. The van der Waals surface area contributed by atoms with Crippen molar-refractivity contribution in [1.82, 2.24) is 9.97 Å². The number of nitrogens with two attached hydrogens (primary N) is 1. The van der Waals surface area contributed by atoms with Gasteiger partial charge in [0.2, 0.25) is 0 Å². The molecule has 0 spiro atoms. The number of nitrogens with zero attached hydrogens (tertiary/aromatic N) is 1. The molecule has 20 heavy (non-hydrogen) atoms. The maximum Gasteiger partial charge on any atom is 0.128 e. The average Bonchev–Trinajstić information content (AvgIpc) is 2.97. The fraction of sp³-hybridized carbons (Fsp3) is 0.438. The highest BCUT2D eigenvalue weighted by molar-refractivity contribution is 5.66. The predicted octanol–water partition coefficient (Wildman–Crippen LogP) is 3.07. The van der Waals surface area contributed by atoms with Crippen molar-refractivity contribution in [3.05, 3.63) is 36.3 Å². The van der Waals surface area contributed by atoms with E-state index in [4.69, 9.17) is 10.5 Å². The van der Waals surface area contributed by atoms with E-state index in [-0.39, 0.29) is 0 Å². The Hall–Kier alpha value is -1.81. The summed E-state index contributed by atoms with van der Waals surface area (Å²) in [6, 6.07) is 8.30. The summed E-state index contributed by atoms with van der Waals surface area (Å²) in [5.74, 6) is 2.38. The first-order chi connectivity index (χ1) is 9.78. The van der Waals surface area contributed by atoms with Gasteiger partial charge in [-0.15, -0.1) is 0 Å². The Morgan fingerprint density at radius 2 is 2.15 bits per heavy atom. The van der Waals surface area contributed by atoms with Crippen LogP contribution in [0, 0.1) is 0 Å². The van der Waals surface area contributed by atoms with Crippen LogP contribution in [-0.2, 0) is 0 Å². The van der Waals surface area contributed by atoms with Crippen LogP contribution in [0.15, 0.2) is 30.5 Å². The Balaban J connectivity index is 1.86. The van der Waals surface area contributed by atoms with Gasteiger partial charge in [-0.1, -0.05) is 18.6 Å². The smallest absolute Gasteiger partial charge is 0.128 e. The number of hydrogen-bond acceptors (Lipinski definition) is 3. The van der Waals surface area contributed by atoms with Crippen LogP contribution in [0.1, 0.15) is 37.4 Å². The number of H-pyrrole nitrogens is 1. The van der Waals surface area contributed by atoms with E-state index < -0.39 is 0 Å². The second-order valence-corrected chi connectivity index (χ2v) is 5.51. The van der Waals surface area contributed by atoms with Crippen LogP contribution >= 0.6 is 0 Å². The van der Waals surface area contributed by atoms with Crippen molar-refractivity contribution < 1.29 is 4.74 Å². The molecule has 0 radical (unpaired) electrons. The van der Waals surface area contributed by atoms with Gasteiger partial charge in [-0.2, -0.15) is 0 Å². The lowest BCUT2D eigenvalue weighted by Crippen LogP contribution is -2.27. The molecular weight excluding hydrogens is 250 g/mol.